The fourth-order valence-electron chi connectivity index (χ4n) is 2.52. The maximum absolute atomic E-state index is 12.2. The van der Waals surface area contributed by atoms with Gasteiger partial charge >= 0.3 is 6.36 Å². The minimum atomic E-state index is -4.65. The molecule has 0 aliphatic heterocycles. The Morgan fingerprint density at radius 3 is 2.43 bits per heavy atom. The summed E-state index contributed by atoms with van der Waals surface area (Å²) in [7, 11) is 1.96. The van der Waals surface area contributed by atoms with Gasteiger partial charge in [-0.05, 0) is 30.5 Å². The number of imidazole rings is 1. The number of ether oxygens (including phenoxy) is 1. The Bertz CT molecular complexity index is 647. The molecule has 23 heavy (non-hydrogen) atoms. The topological polar surface area (TPSA) is 30.3 Å². The molecule has 0 radical (unpaired) electrons. The molecule has 0 saturated heterocycles. The van der Waals surface area contributed by atoms with Gasteiger partial charge in [0.2, 0.25) is 0 Å². The first kappa shape index (κ1) is 15.9. The zero-order valence-corrected chi connectivity index (χ0v) is 12.8. The van der Waals surface area contributed by atoms with Crippen LogP contribution in [0.5, 0.6) is 5.75 Å². The van der Waals surface area contributed by atoms with Crippen LogP contribution in [0.1, 0.15) is 24.2 Å². The molecule has 0 bridgehead atoms. The van der Waals surface area contributed by atoms with Crippen molar-refractivity contribution in [3.8, 4) is 5.75 Å². The quantitative estimate of drug-likeness (QED) is 0.814. The molecule has 1 aliphatic rings. The largest absolute Gasteiger partial charge is 0.573 e. The smallest absolute Gasteiger partial charge is 0.406 e. The highest BCUT2D eigenvalue weighted by Gasteiger charge is 2.31. The van der Waals surface area contributed by atoms with Gasteiger partial charge in [-0.3, -0.25) is 4.90 Å². The van der Waals surface area contributed by atoms with Gasteiger partial charge in [0.15, 0.2) is 0 Å². The molecule has 0 amide bonds. The fraction of sp³-hybridized carbons (Fsp3) is 0.438. The highest BCUT2D eigenvalue weighted by molar-refractivity contribution is 5.27. The minimum Gasteiger partial charge on any atom is -0.406 e. The third-order valence-corrected chi connectivity index (χ3v) is 3.87. The van der Waals surface area contributed by atoms with E-state index in [1.54, 1.807) is 18.3 Å². The molecule has 4 nitrogen and oxygen atoms in total. The lowest BCUT2D eigenvalue weighted by Gasteiger charge is -2.22. The highest BCUT2D eigenvalue weighted by atomic mass is 19.4. The third kappa shape index (κ3) is 4.48. The van der Waals surface area contributed by atoms with E-state index in [4.69, 9.17) is 0 Å². The van der Waals surface area contributed by atoms with Crippen LogP contribution in [0, 0.1) is 0 Å². The Balaban J connectivity index is 1.65. The lowest BCUT2D eigenvalue weighted by atomic mass is 10.2. The predicted octanol–water partition coefficient (Wildman–Crippen LogP) is 3.48. The molecule has 0 N–H and O–H groups in total. The van der Waals surface area contributed by atoms with Crippen molar-refractivity contribution in [2.24, 2.45) is 7.05 Å². The van der Waals surface area contributed by atoms with Crippen molar-refractivity contribution in [1.29, 1.82) is 0 Å². The molecule has 2 aromatic rings. The van der Waals surface area contributed by atoms with Gasteiger partial charge in [-0.15, -0.1) is 13.2 Å². The van der Waals surface area contributed by atoms with Crippen molar-refractivity contribution in [2.45, 2.75) is 38.3 Å². The van der Waals surface area contributed by atoms with Crippen molar-refractivity contribution in [2.75, 3.05) is 0 Å². The van der Waals surface area contributed by atoms with Crippen LogP contribution in [0.15, 0.2) is 36.7 Å². The lowest BCUT2D eigenvalue weighted by Crippen LogP contribution is -2.26. The van der Waals surface area contributed by atoms with Gasteiger partial charge in [-0.1, -0.05) is 12.1 Å². The van der Waals surface area contributed by atoms with Crippen LogP contribution in [0.3, 0.4) is 0 Å². The monoisotopic (exact) mass is 325 g/mol. The van der Waals surface area contributed by atoms with Crippen LogP contribution in [0.4, 0.5) is 13.2 Å². The summed E-state index contributed by atoms with van der Waals surface area (Å²) >= 11 is 0. The summed E-state index contributed by atoms with van der Waals surface area (Å²) in [6.07, 6.45) is 1.33. The Morgan fingerprint density at radius 1 is 1.22 bits per heavy atom. The number of rotatable bonds is 6. The Kier molecular flexibility index (Phi) is 4.30. The van der Waals surface area contributed by atoms with Gasteiger partial charge < -0.3 is 9.30 Å². The van der Waals surface area contributed by atoms with Crippen molar-refractivity contribution < 1.29 is 17.9 Å². The van der Waals surface area contributed by atoms with Crippen molar-refractivity contribution >= 4 is 0 Å². The molecule has 1 aromatic carbocycles. The van der Waals surface area contributed by atoms with E-state index in [-0.39, 0.29) is 5.75 Å². The Hall–Kier alpha value is -2.02. The third-order valence-electron chi connectivity index (χ3n) is 3.87. The summed E-state index contributed by atoms with van der Waals surface area (Å²) in [4.78, 5) is 6.65. The molecule has 3 rings (SSSR count). The summed E-state index contributed by atoms with van der Waals surface area (Å²) in [5.41, 5.74) is 0.959. The number of hydrogen-bond donors (Lipinski definition) is 0. The first-order valence-corrected chi connectivity index (χ1v) is 7.45. The van der Waals surface area contributed by atoms with E-state index in [2.05, 4.69) is 14.6 Å². The molecule has 7 heteroatoms. The van der Waals surface area contributed by atoms with E-state index in [0.717, 1.165) is 30.8 Å². The first-order valence-electron chi connectivity index (χ1n) is 7.45. The second kappa shape index (κ2) is 6.23. The molecule has 1 saturated carbocycles. The van der Waals surface area contributed by atoms with E-state index in [1.807, 2.05) is 17.8 Å². The van der Waals surface area contributed by atoms with Gasteiger partial charge in [0.25, 0.3) is 0 Å². The van der Waals surface area contributed by atoms with E-state index in [1.165, 1.54) is 12.1 Å². The van der Waals surface area contributed by atoms with Crippen LogP contribution in [-0.2, 0) is 20.1 Å². The first-order chi connectivity index (χ1) is 10.9. The molecular weight excluding hydrogens is 307 g/mol. The molecule has 0 atom stereocenters. The highest BCUT2D eigenvalue weighted by Crippen LogP contribution is 2.30. The van der Waals surface area contributed by atoms with Crippen molar-refractivity contribution in [3.05, 3.63) is 48.0 Å². The number of aromatic nitrogens is 2. The van der Waals surface area contributed by atoms with Crippen LogP contribution < -0.4 is 4.74 Å². The number of nitrogens with zero attached hydrogens (tertiary/aromatic N) is 3. The number of alkyl halides is 3. The van der Waals surface area contributed by atoms with Crippen molar-refractivity contribution in [1.82, 2.24) is 14.5 Å². The predicted molar refractivity (Wildman–Crippen MR) is 78.6 cm³/mol. The van der Waals surface area contributed by atoms with E-state index in [0.29, 0.717) is 12.6 Å². The van der Waals surface area contributed by atoms with Gasteiger partial charge in [-0.2, -0.15) is 0 Å². The lowest BCUT2D eigenvalue weighted by molar-refractivity contribution is -0.274. The molecular formula is C16H18F3N3O. The minimum absolute atomic E-state index is 0.191. The number of hydrogen-bond acceptors (Lipinski definition) is 3. The molecule has 1 aliphatic carbocycles. The summed E-state index contributed by atoms with van der Waals surface area (Å²) < 4.78 is 42.4. The molecule has 0 spiro atoms. The van der Waals surface area contributed by atoms with Gasteiger partial charge in [-0.25, -0.2) is 4.98 Å². The van der Waals surface area contributed by atoms with Crippen LogP contribution in [0.2, 0.25) is 0 Å². The van der Waals surface area contributed by atoms with Gasteiger partial charge in [0.1, 0.15) is 11.6 Å². The molecule has 1 aromatic heterocycles. The number of benzene rings is 1. The summed E-state index contributed by atoms with van der Waals surface area (Å²) in [5.74, 6) is 0.789. The fourth-order valence-corrected chi connectivity index (χ4v) is 2.52. The number of aryl methyl sites for hydroxylation is 1. The zero-order valence-electron chi connectivity index (χ0n) is 12.8. The standard InChI is InChI=1S/C16H18F3N3O/c1-21-9-8-20-15(21)11-22(13-4-5-13)10-12-2-6-14(7-3-12)23-16(17,18)19/h2-3,6-9,13H,4-5,10-11H2,1H3. The van der Waals surface area contributed by atoms with E-state index >= 15 is 0 Å². The average molecular weight is 325 g/mol. The van der Waals surface area contributed by atoms with Crippen LogP contribution >= 0.6 is 0 Å². The molecule has 0 unspecified atom stereocenters. The SMILES string of the molecule is Cn1ccnc1CN(Cc1ccc(OC(F)(F)F)cc1)C1CC1. The van der Waals surface area contributed by atoms with Crippen molar-refractivity contribution in [3.63, 3.8) is 0 Å². The maximum Gasteiger partial charge on any atom is 0.573 e. The second-order valence-corrected chi connectivity index (χ2v) is 5.78. The summed E-state index contributed by atoms with van der Waals surface area (Å²) in [6, 6.07) is 6.59. The second-order valence-electron chi connectivity index (χ2n) is 5.78. The van der Waals surface area contributed by atoms with Gasteiger partial charge in [0, 0.05) is 32.0 Å². The van der Waals surface area contributed by atoms with E-state index < -0.39 is 6.36 Å². The molecule has 124 valence electrons. The Morgan fingerprint density at radius 2 is 1.91 bits per heavy atom. The molecule has 1 fully saturated rings. The van der Waals surface area contributed by atoms with Crippen LogP contribution in [-0.4, -0.2) is 26.9 Å². The van der Waals surface area contributed by atoms with Crippen LogP contribution in [0.25, 0.3) is 0 Å². The maximum atomic E-state index is 12.2. The van der Waals surface area contributed by atoms with Gasteiger partial charge in [0.05, 0.1) is 6.54 Å². The molecule has 1 heterocycles. The zero-order chi connectivity index (χ0) is 16.4. The number of halogens is 3. The summed E-state index contributed by atoms with van der Waals surface area (Å²) in [6.45, 7) is 1.42. The Labute approximate surface area is 132 Å². The van der Waals surface area contributed by atoms with E-state index in [9.17, 15) is 13.2 Å². The normalized spacial score (nSPS) is 15.2. The average Bonchev–Trinajstić information content (AvgIpc) is 3.24. The summed E-state index contributed by atoms with van der Waals surface area (Å²) in [5, 5.41) is 0.